The van der Waals surface area contributed by atoms with Crippen molar-refractivity contribution in [3.05, 3.63) is 52.3 Å². The Morgan fingerprint density at radius 1 is 1.14 bits per heavy atom. The minimum Gasteiger partial charge on any atom is -0.462 e. The Bertz CT molecular complexity index is 849. The molecule has 2 aromatic rings. The molecular formula is C21H28N4O3. The highest BCUT2D eigenvalue weighted by Crippen LogP contribution is 2.18. The molecule has 0 saturated carbocycles. The molecule has 0 saturated heterocycles. The van der Waals surface area contributed by atoms with Crippen molar-refractivity contribution in [3.63, 3.8) is 0 Å². The second-order valence-corrected chi connectivity index (χ2v) is 6.30. The zero-order valence-electron chi connectivity index (χ0n) is 17.1. The summed E-state index contributed by atoms with van der Waals surface area (Å²) in [5.41, 5.74) is 6.71. The molecule has 0 unspecified atom stereocenters. The third kappa shape index (κ3) is 4.79. The molecule has 0 aliphatic rings. The van der Waals surface area contributed by atoms with E-state index < -0.39 is 0 Å². The van der Waals surface area contributed by atoms with E-state index in [9.17, 15) is 9.59 Å². The van der Waals surface area contributed by atoms with Crippen molar-refractivity contribution in [3.8, 4) is 0 Å². The van der Waals surface area contributed by atoms with Gasteiger partial charge in [0.25, 0.3) is 5.91 Å². The zero-order chi connectivity index (χ0) is 20.7. The molecule has 7 heteroatoms. The molecule has 1 aromatic carbocycles. The van der Waals surface area contributed by atoms with Gasteiger partial charge in [-0.05, 0) is 64.4 Å². The van der Waals surface area contributed by atoms with Gasteiger partial charge in [0, 0.05) is 30.0 Å². The summed E-state index contributed by atoms with van der Waals surface area (Å²) in [5.74, 6) is -0.667. The molecule has 0 bridgehead atoms. The summed E-state index contributed by atoms with van der Waals surface area (Å²) < 4.78 is 5.07. The van der Waals surface area contributed by atoms with Crippen LogP contribution in [0.1, 0.15) is 58.4 Å². The van der Waals surface area contributed by atoms with Gasteiger partial charge >= 0.3 is 5.97 Å². The summed E-state index contributed by atoms with van der Waals surface area (Å²) in [6.07, 6.45) is 1.49. The molecule has 0 spiro atoms. The third-order valence-electron chi connectivity index (χ3n) is 4.57. The maximum Gasteiger partial charge on any atom is 0.340 e. The van der Waals surface area contributed by atoms with Crippen molar-refractivity contribution in [1.82, 2.24) is 10.4 Å². The van der Waals surface area contributed by atoms with Crippen LogP contribution in [0.2, 0.25) is 0 Å². The molecule has 2 N–H and O–H groups in total. The van der Waals surface area contributed by atoms with E-state index in [1.807, 2.05) is 19.1 Å². The van der Waals surface area contributed by atoms with E-state index in [4.69, 9.17) is 4.74 Å². The van der Waals surface area contributed by atoms with Crippen LogP contribution in [0.4, 0.5) is 5.69 Å². The van der Waals surface area contributed by atoms with Gasteiger partial charge in [-0.15, -0.1) is 0 Å². The lowest BCUT2D eigenvalue weighted by molar-refractivity contribution is 0.0525. The van der Waals surface area contributed by atoms with Crippen LogP contribution in [-0.2, 0) is 4.74 Å². The zero-order valence-corrected chi connectivity index (χ0v) is 17.1. The van der Waals surface area contributed by atoms with Crippen molar-refractivity contribution in [2.24, 2.45) is 5.10 Å². The Morgan fingerprint density at radius 3 is 2.36 bits per heavy atom. The van der Waals surface area contributed by atoms with E-state index in [0.717, 1.165) is 24.3 Å². The Labute approximate surface area is 165 Å². The highest BCUT2D eigenvalue weighted by molar-refractivity contribution is 5.97. The van der Waals surface area contributed by atoms with Crippen LogP contribution in [0.3, 0.4) is 0 Å². The monoisotopic (exact) mass is 384 g/mol. The van der Waals surface area contributed by atoms with Gasteiger partial charge in [-0.1, -0.05) is 0 Å². The maximum absolute atomic E-state index is 12.3. The Hall–Kier alpha value is -3.09. The predicted octanol–water partition coefficient (Wildman–Crippen LogP) is 3.42. The first-order chi connectivity index (χ1) is 13.4. The second-order valence-electron chi connectivity index (χ2n) is 6.30. The van der Waals surface area contributed by atoms with Gasteiger partial charge in [0.1, 0.15) is 0 Å². The summed E-state index contributed by atoms with van der Waals surface area (Å²) in [7, 11) is 0. The van der Waals surface area contributed by atoms with E-state index in [2.05, 4.69) is 34.3 Å². The maximum atomic E-state index is 12.3. The average molecular weight is 384 g/mol. The second kappa shape index (κ2) is 9.73. The van der Waals surface area contributed by atoms with E-state index in [1.165, 1.54) is 6.21 Å². The summed E-state index contributed by atoms with van der Waals surface area (Å²) in [4.78, 5) is 29.6. The van der Waals surface area contributed by atoms with Gasteiger partial charge in [-0.25, -0.2) is 10.2 Å². The first-order valence-corrected chi connectivity index (χ1v) is 9.47. The number of aryl methyl sites for hydroxylation is 1. The van der Waals surface area contributed by atoms with Crippen molar-refractivity contribution in [2.45, 2.75) is 34.6 Å². The van der Waals surface area contributed by atoms with Crippen LogP contribution in [0.25, 0.3) is 0 Å². The van der Waals surface area contributed by atoms with Crippen molar-refractivity contribution >= 4 is 23.8 Å². The van der Waals surface area contributed by atoms with E-state index in [0.29, 0.717) is 29.1 Å². The number of aromatic nitrogens is 1. The van der Waals surface area contributed by atoms with Crippen LogP contribution in [0.15, 0.2) is 29.4 Å². The van der Waals surface area contributed by atoms with Gasteiger partial charge in [0.15, 0.2) is 0 Å². The number of hydrogen-bond donors (Lipinski definition) is 2. The van der Waals surface area contributed by atoms with Crippen LogP contribution < -0.4 is 10.3 Å². The Balaban J connectivity index is 2.06. The molecule has 0 radical (unpaired) electrons. The van der Waals surface area contributed by atoms with Crippen molar-refractivity contribution in [1.29, 1.82) is 0 Å². The predicted molar refractivity (Wildman–Crippen MR) is 111 cm³/mol. The van der Waals surface area contributed by atoms with Crippen LogP contribution in [0, 0.1) is 13.8 Å². The highest BCUT2D eigenvalue weighted by Gasteiger charge is 2.18. The van der Waals surface area contributed by atoms with Crippen LogP contribution in [-0.4, -0.2) is 42.8 Å². The number of anilines is 1. The number of rotatable bonds is 8. The number of nitrogens with one attached hydrogen (secondary N) is 2. The Kier molecular flexibility index (Phi) is 7.37. The number of carbonyl (C=O) groups is 2. The van der Waals surface area contributed by atoms with Crippen molar-refractivity contribution in [2.75, 3.05) is 24.6 Å². The smallest absolute Gasteiger partial charge is 0.340 e. The highest BCUT2D eigenvalue weighted by atomic mass is 16.5. The molecule has 7 nitrogen and oxygen atoms in total. The fourth-order valence-corrected chi connectivity index (χ4v) is 3.05. The van der Waals surface area contributed by atoms with Gasteiger partial charge in [0.05, 0.1) is 24.1 Å². The molecule has 1 aromatic heterocycles. The van der Waals surface area contributed by atoms with E-state index >= 15 is 0 Å². The number of ether oxygens (including phenoxy) is 1. The van der Waals surface area contributed by atoms with Gasteiger partial charge < -0.3 is 14.6 Å². The average Bonchev–Trinajstić information content (AvgIpc) is 2.97. The number of carbonyl (C=O) groups excluding carboxylic acids is 2. The summed E-state index contributed by atoms with van der Waals surface area (Å²) in [6, 6.07) is 7.41. The molecule has 1 amide bonds. The number of nitrogens with zero attached hydrogens (tertiary/aromatic N) is 2. The van der Waals surface area contributed by atoms with Crippen LogP contribution >= 0.6 is 0 Å². The number of hydrogen-bond acceptors (Lipinski definition) is 5. The molecule has 28 heavy (non-hydrogen) atoms. The lowest BCUT2D eigenvalue weighted by Gasteiger charge is -2.20. The third-order valence-corrected chi connectivity index (χ3v) is 4.57. The number of esters is 1. The normalized spacial score (nSPS) is 10.9. The molecule has 0 aliphatic carbocycles. The molecule has 0 atom stereocenters. The van der Waals surface area contributed by atoms with E-state index in [-0.39, 0.29) is 11.9 Å². The number of aromatic amines is 1. The fraction of sp³-hybridized carbons (Fsp3) is 0.381. The number of H-pyrrole nitrogens is 1. The molecule has 0 aliphatic heterocycles. The lowest BCUT2D eigenvalue weighted by Crippen LogP contribution is -2.22. The van der Waals surface area contributed by atoms with E-state index in [1.54, 1.807) is 26.0 Å². The summed E-state index contributed by atoms with van der Waals surface area (Å²) >= 11 is 0. The van der Waals surface area contributed by atoms with Gasteiger partial charge in [-0.2, -0.15) is 5.10 Å². The van der Waals surface area contributed by atoms with Crippen LogP contribution in [0.5, 0.6) is 0 Å². The molecule has 150 valence electrons. The first kappa shape index (κ1) is 21.2. The standard InChI is InChI=1S/C21H28N4O3/c1-6-25(7-2)17-11-9-16(10-12-17)20(26)24-22-13-18-14(4)19(15(5)23-18)21(27)28-8-3/h9-13,23H,6-8H2,1-5H3,(H,24,26)/b22-13+. The minimum atomic E-state index is -0.370. The largest absolute Gasteiger partial charge is 0.462 e. The minimum absolute atomic E-state index is 0.297. The number of amides is 1. The number of hydrazone groups is 1. The summed E-state index contributed by atoms with van der Waals surface area (Å²) in [6.45, 7) is 11.7. The topological polar surface area (TPSA) is 86.8 Å². The first-order valence-electron chi connectivity index (χ1n) is 9.47. The Morgan fingerprint density at radius 2 is 1.79 bits per heavy atom. The molecule has 2 rings (SSSR count). The fourth-order valence-electron chi connectivity index (χ4n) is 3.05. The summed E-state index contributed by atoms with van der Waals surface area (Å²) in [5, 5.41) is 4.01. The van der Waals surface area contributed by atoms with Crippen molar-refractivity contribution < 1.29 is 14.3 Å². The molecule has 1 heterocycles. The lowest BCUT2D eigenvalue weighted by atomic mass is 10.1. The molecule has 0 fully saturated rings. The molecular weight excluding hydrogens is 356 g/mol. The number of benzene rings is 1. The van der Waals surface area contributed by atoms with Gasteiger partial charge in [-0.3, -0.25) is 4.79 Å². The van der Waals surface area contributed by atoms with Gasteiger partial charge in [0.2, 0.25) is 0 Å². The SMILES string of the molecule is CCOC(=O)c1c(C)[nH]c(/C=N/NC(=O)c2ccc(N(CC)CC)cc2)c1C. The quantitative estimate of drug-likeness (QED) is 0.415.